The first-order valence-electron chi connectivity index (χ1n) is 8.39. The molecule has 2 aromatic heterocycles. The van der Waals surface area contributed by atoms with Crippen molar-refractivity contribution in [1.82, 2.24) is 19.7 Å². The van der Waals surface area contributed by atoms with E-state index in [2.05, 4.69) is 22.0 Å². The third-order valence-corrected chi connectivity index (χ3v) is 4.25. The smallest absolute Gasteiger partial charge is 0.253 e. The molecule has 0 saturated heterocycles. The number of hydrogen-bond donors (Lipinski definition) is 1. The van der Waals surface area contributed by atoms with E-state index in [0.29, 0.717) is 17.2 Å². The van der Waals surface area contributed by atoms with Crippen LogP contribution in [0.5, 0.6) is 0 Å². The Morgan fingerprint density at radius 2 is 2.12 bits per heavy atom. The highest BCUT2D eigenvalue weighted by atomic mass is 19.1. The van der Waals surface area contributed by atoms with E-state index in [-0.39, 0.29) is 17.3 Å². The molecule has 1 atom stereocenters. The fraction of sp³-hybridized carbons (Fsp3) is 0.316. The summed E-state index contributed by atoms with van der Waals surface area (Å²) in [5.41, 5.74) is 2.27. The van der Waals surface area contributed by atoms with Gasteiger partial charge in [-0.2, -0.15) is 5.10 Å². The Balaban J connectivity index is 1.90. The van der Waals surface area contributed by atoms with E-state index in [0.717, 1.165) is 24.0 Å². The van der Waals surface area contributed by atoms with Crippen molar-refractivity contribution in [2.75, 3.05) is 0 Å². The quantitative estimate of drug-likeness (QED) is 0.773. The van der Waals surface area contributed by atoms with Gasteiger partial charge < -0.3 is 4.98 Å². The number of rotatable bonds is 5. The standard InChI is InChI=1S/C19H21FN4O/c1-4-5-14-6-7-16(17(20)8-14)12(2)15-10-21-24(11-15)18-9-19(25)23-13(3)22-18/h6-12H,4-5H2,1-3H3,(H,22,23,25). The highest BCUT2D eigenvalue weighted by molar-refractivity contribution is 5.34. The first kappa shape index (κ1) is 17.1. The summed E-state index contributed by atoms with van der Waals surface area (Å²) in [7, 11) is 0. The van der Waals surface area contributed by atoms with Crippen molar-refractivity contribution in [1.29, 1.82) is 0 Å². The average Bonchev–Trinajstić information content (AvgIpc) is 3.04. The molecule has 0 fully saturated rings. The summed E-state index contributed by atoms with van der Waals surface area (Å²) in [5, 5.41) is 4.27. The number of halogens is 1. The normalized spacial score (nSPS) is 12.3. The van der Waals surface area contributed by atoms with Crippen LogP contribution in [0.1, 0.15) is 48.7 Å². The summed E-state index contributed by atoms with van der Waals surface area (Å²) in [6, 6.07) is 6.82. The van der Waals surface area contributed by atoms with Crippen molar-refractivity contribution >= 4 is 0 Å². The number of hydrogen-bond acceptors (Lipinski definition) is 3. The molecule has 0 saturated carbocycles. The molecule has 1 N–H and O–H groups in total. The van der Waals surface area contributed by atoms with Crippen molar-refractivity contribution < 1.29 is 4.39 Å². The molecule has 1 aromatic carbocycles. The number of aromatic amines is 1. The van der Waals surface area contributed by atoms with Gasteiger partial charge in [-0.1, -0.05) is 32.4 Å². The zero-order valence-corrected chi connectivity index (χ0v) is 14.6. The van der Waals surface area contributed by atoms with E-state index in [1.165, 1.54) is 10.7 Å². The molecule has 0 aliphatic heterocycles. The fourth-order valence-corrected chi connectivity index (χ4v) is 2.91. The van der Waals surface area contributed by atoms with Crippen molar-refractivity contribution in [3.63, 3.8) is 0 Å². The highest BCUT2D eigenvalue weighted by Crippen LogP contribution is 2.27. The van der Waals surface area contributed by atoms with Gasteiger partial charge in [-0.3, -0.25) is 4.79 Å². The Kier molecular flexibility index (Phi) is 4.79. The molecule has 0 aliphatic carbocycles. The van der Waals surface area contributed by atoms with Crippen molar-refractivity contribution in [2.45, 2.75) is 39.5 Å². The molecule has 0 radical (unpaired) electrons. The van der Waals surface area contributed by atoms with Crippen LogP contribution in [0.3, 0.4) is 0 Å². The van der Waals surface area contributed by atoms with E-state index >= 15 is 0 Å². The monoisotopic (exact) mass is 340 g/mol. The zero-order chi connectivity index (χ0) is 18.0. The predicted molar refractivity (Wildman–Crippen MR) is 94.6 cm³/mol. The van der Waals surface area contributed by atoms with E-state index in [4.69, 9.17) is 0 Å². The van der Waals surface area contributed by atoms with E-state index < -0.39 is 0 Å². The van der Waals surface area contributed by atoms with Crippen LogP contribution >= 0.6 is 0 Å². The maximum absolute atomic E-state index is 14.5. The van der Waals surface area contributed by atoms with E-state index in [1.807, 2.05) is 19.1 Å². The Morgan fingerprint density at radius 3 is 2.80 bits per heavy atom. The SMILES string of the molecule is CCCc1ccc(C(C)c2cnn(-c3cc(=O)[nH]c(C)n3)c2)c(F)c1. The minimum absolute atomic E-state index is 0.146. The third kappa shape index (κ3) is 3.68. The molecular formula is C19H21FN4O. The molecule has 1 unspecified atom stereocenters. The van der Waals surface area contributed by atoms with Crippen LogP contribution in [0.4, 0.5) is 4.39 Å². The highest BCUT2D eigenvalue weighted by Gasteiger charge is 2.16. The van der Waals surface area contributed by atoms with Gasteiger partial charge in [0.25, 0.3) is 5.56 Å². The van der Waals surface area contributed by atoms with Crippen LogP contribution in [0.15, 0.2) is 41.5 Å². The predicted octanol–water partition coefficient (Wildman–Crippen LogP) is 3.51. The van der Waals surface area contributed by atoms with Crippen LogP contribution in [-0.4, -0.2) is 19.7 Å². The molecule has 5 nitrogen and oxygen atoms in total. The fourth-order valence-electron chi connectivity index (χ4n) is 2.91. The maximum atomic E-state index is 14.5. The minimum atomic E-state index is -0.231. The van der Waals surface area contributed by atoms with Crippen LogP contribution in [0, 0.1) is 12.7 Å². The summed E-state index contributed by atoms with van der Waals surface area (Å²) < 4.78 is 16.0. The molecule has 3 aromatic rings. The summed E-state index contributed by atoms with van der Waals surface area (Å²) >= 11 is 0. The lowest BCUT2D eigenvalue weighted by atomic mass is 9.93. The number of aromatic nitrogens is 4. The van der Waals surface area contributed by atoms with Gasteiger partial charge in [0.1, 0.15) is 11.6 Å². The summed E-state index contributed by atoms with van der Waals surface area (Å²) in [6.07, 6.45) is 5.33. The number of nitrogens with one attached hydrogen (secondary N) is 1. The summed E-state index contributed by atoms with van der Waals surface area (Å²) in [5.74, 6) is 0.618. The largest absolute Gasteiger partial charge is 0.311 e. The number of H-pyrrole nitrogens is 1. The Bertz CT molecular complexity index is 945. The lowest BCUT2D eigenvalue weighted by Crippen LogP contribution is -2.12. The van der Waals surface area contributed by atoms with Crippen LogP contribution in [0.25, 0.3) is 5.82 Å². The van der Waals surface area contributed by atoms with E-state index in [9.17, 15) is 9.18 Å². The first-order valence-corrected chi connectivity index (χ1v) is 8.39. The van der Waals surface area contributed by atoms with Gasteiger partial charge in [0.2, 0.25) is 0 Å². The molecule has 130 valence electrons. The minimum Gasteiger partial charge on any atom is -0.311 e. The Hall–Kier alpha value is -2.76. The number of benzene rings is 1. The Morgan fingerprint density at radius 1 is 1.32 bits per heavy atom. The first-order chi connectivity index (χ1) is 12.0. The second-order valence-electron chi connectivity index (χ2n) is 6.23. The molecule has 0 aliphatic rings. The average molecular weight is 340 g/mol. The zero-order valence-electron chi connectivity index (χ0n) is 14.6. The molecule has 0 bridgehead atoms. The van der Waals surface area contributed by atoms with Gasteiger partial charge in [0.05, 0.1) is 6.20 Å². The van der Waals surface area contributed by atoms with Gasteiger partial charge in [0, 0.05) is 18.2 Å². The second kappa shape index (κ2) is 7.01. The van der Waals surface area contributed by atoms with Crippen LogP contribution < -0.4 is 5.56 Å². The van der Waals surface area contributed by atoms with Gasteiger partial charge in [-0.25, -0.2) is 14.1 Å². The van der Waals surface area contributed by atoms with Crippen LogP contribution in [-0.2, 0) is 6.42 Å². The number of nitrogens with zero attached hydrogens (tertiary/aromatic N) is 3. The molecule has 6 heteroatoms. The lowest BCUT2D eigenvalue weighted by molar-refractivity contribution is 0.600. The Labute approximate surface area is 145 Å². The topological polar surface area (TPSA) is 63.6 Å². The van der Waals surface area contributed by atoms with E-state index in [1.54, 1.807) is 25.4 Å². The lowest BCUT2D eigenvalue weighted by Gasteiger charge is -2.12. The molecule has 25 heavy (non-hydrogen) atoms. The molecular weight excluding hydrogens is 319 g/mol. The molecule has 0 spiro atoms. The summed E-state index contributed by atoms with van der Waals surface area (Å²) in [4.78, 5) is 18.5. The van der Waals surface area contributed by atoms with Gasteiger partial charge in [-0.15, -0.1) is 0 Å². The van der Waals surface area contributed by atoms with Gasteiger partial charge >= 0.3 is 0 Å². The van der Waals surface area contributed by atoms with Crippen LogP contribution in [0.2, 0.25) is 0 Å². The van der Waals surface area contributed by atoms with Crippen molar-refractivity contribution in [3.8, 4) is 5.82 Å². The van der Waals surface area contributed by atoms with Gasteiger partial charge in [-0.05, 0) is 36.1 Å². The molecule has 2 heterocycles. The number of aryl methyl sites for hydroxylation is 2. The molecule has 3 rings (SSSR count). The summed E-state index contributed by atoms with van der Waals surface area (Å²) in [6.45, 7) is 5.73. The van der Waals surface area contributed by atoms with Gasteiger partial charge in [0.15, 0.2) is 5.82 Å². The second-order valence-corrected chi connectivity index (χ2v) is 6.23. The van der Waals surface area contributed by atoms with Crippen molar-refractivity contribution in [3.05, 3.63) is 75.3 Å². The third-order valence-electron chi connectivity index (χ3n) is 4.25. The maximum Gasteiger partial charge on any atom is 0.253 e. The van der Waals surface area contributed by atoms with Crippen molar-refractivity contribution in [2.24, 2.45) is 0 Å². The molecule has 0 amide bonds.